The standard InChI is InChI=1S/C19H16N4O5S/c1-11-17-14(9-15(16-3-2-8-27-16)22-19(17)28-23-11)18(24)21-13-6-4-12(5-7-13)10-29(20,25)26/h2-9H,10H2,1H3,(H,21,24)(H2,20,25,26). The largest absolute Gasteiger partial charge is 0.463 e. The van der Waals surface area contributed by atoms with Crippen LogP contribution in [0, 0.1) is 6.92 Å². The lowest BCUT2D eigenvalue weighted by atomic mass is 10.1. The molecule has 0 spiro atoms. The van der Waals surface area contributed by atoms with Gasteiger partial charge >= 0.3 is 0 Å². The van der Waals surface area contributed by atoms with Crippen molar-refractivity contribution in [1.82, 2.24) is 10.1 Å². The Morgan fingerprint density at radius 1 is 1.21 bits per heavy atom. The van der Waals surface area contributed by atoms with Crippen molar-refractivity contribution in [2.45, 2.75) is 12.7 Å². The van der Waals surface area contributed by atoms with Crippen LogP contribution in [0.3, 0.4) is 0 Å². The SMILES string of the molecule is Cc1noc2nc(-c3ccco3)cc(C(=O)Nc3ccc(CS(N)(=O)=O)cc3)c12. The summed E-state index contributed by atoms with van der Waals surface area (Å²) in [5.74, 6) is -0.184. The zero-order valence-corrected chi connectivity index (χ0v) is 16.1. The van der Waals surface area contributed by atoms with Gasteiger partial charge in [-0.1, -0.05) is 17.3 Å². The van der Waals surface area contributed by atoms with Crippen molar-refractivity contribution < 1.29 is 22.2 Å². The van der Waals surface area contributed by atoms with E-state index in [9.17, 15) is 13.2 Å². The molecule has 29 heavy (non-hydrogen) atoms. The lowest BCUT2D eigenvalue weighted by Crippen LogP contribution is -2.15. The number of carbonyl (C=O) groups is 1. The van der Waals surface area contributed by atoms with Crippen molar-refractivity contribution in [2.24, 2.45) is 5.14 Å². The van der Waals surface area contributed by atoms with Gasteiger partial charge in [0.2, 0.25) is 10.0 Å². The van der Waals surface area contributed by atoms with Crippen LogP contribution in [0.25, 0.3) is 22.6 Å². The van der Waals surface area contributed by atoms with Crippen molar-refractivity contribution in [3.05, 3.63) is 65.5 Å². The van der Waals surface area contributed by atoms with E-state index in [1.54, 1.807) is 49.4 Å². The van der Waals surface area contributed by atoms with Crippen LogP contribution >= 0.6 is 0 Å². The van der Waals surface area contributed by atoms with Gasteiger partial charge in [0, 0.05) is 5.69 Å². The summed E-state index contributed by atoms with van der Waals surface area (Å²) in [6.45, 7) is 1.72. The number of nitrogens with one attached hydrogen (secondary N) is 1. The van der Waals surface area contributed by atoms with Crippen molar-refractivity contribution >= 4 is 32.7 Å². The van der Waals surface area contributed by atoms with Crippen LogP contribution in [-0.4, -0.2) is 24.5 Å². The Labute approximate surface area is 165 Å². The summed E-state index contributed by atoms with van der Waals surface area (Å²) >= 11 is 0. The highest BCUT2D eigenvalue weighted by Gasteiger charge is 2.20. The van der Waals surface area contributed by atoms with Gasteiger partial charge < -0.3 is 14.3 Å². The van der Waals surface area contributed by atoms with Crippen molar-refractivity contribution in [1.29, 1.82) is 0 Å². The van der Waals surface area contributed by atoms with Gasteiger partial charge in [0.1, 0.15) is 5.69 Å². The molecule has 0 aliphatic carbocycles. The summed E-state index contributed by atoms with van der Waals surface area (Å²) in [7, 11) is -3.63. The molecule has 0 atom stereocenters. The molecule has 0 radical (unpaired) electrons. The molecule has 3 heterocycles. The molecule has 0 saturated carbocycles. The highest BCUT2D eigenvalue weighted by molar-refractivity contribution is 7.88. The summed E-state index contributed by atoms with van der Waals surface area (Å²) in [4.78, 5) is 17.3. The minimum Gasteiger partial charge on any atom is -0.463 e. The van der Waals surface area contributed by atoms with Gasteiger partial charge in [0.05, 0.1) is 28.7 Å². The second kappa shape index (κ2) is 7.15. The van der Waals surface area contributed by atoms with Crippen LogP contribution in [0.1, 0.15) is 21.6 Å². The third kappa shape index (κ3) is 4.03. The summed E-state index contributed by atoms with van der Waals surface area (Å²) < 4.78 is 33.0. The highest BCUT2D eigenvalue weighted by Crippen LogP contribution is 2.28. The monoisotopic (exact) mass is 412 g/mol. The Bertz CT molecular complexity index is 1290. The number of anilines is 1. The molecule has 0 unspecified atom stereocenters. The molecule has 4 rings (SSSR count). The average molecular weight is 412 g/mol. The lowest BCUT2D eigenvalue weighted by molar-refractivity contribution is 0.102. The molecule has 1 amide bonds. The summed E-state index contributed by atoms with van der Waals surface area (Å²) in [6.07, 6.45) is 1.51. The Hall–Kier alpha value is -3.50. The lowest BCUT2D eigenvalue weighted by Gasteiger charge is -2.08. The molecule has 3 N–H and O–H groups in total. The minimum absolute atomic E-state index is 0.227. The molecule has 1 aromatic carbocycles. The van der Waals surface area contributed by atoms with Gasteiger partial charge in [-0.15, -0.1) is 0 Å². The predicted molar refractivity (Wildman–Crippen MR) is 105 cm³/mol. The van der Waals surface area contributed by atoms with Crippen LogP contribution < -0.4 is 10.5 Å². The number of hydrogen-bond acceptors (Lipinski definition) is 7. The fraction of sp³-hybridized carbons (Fsp3) is 0.105. The van der Waals surface area contributed by atoms with Crippen LogP contribution in [0.4, 0.5) is 5.69 Å². The summed E-state index contributed by atoms with van der Waals surface area (Å²) in [6, 6.07) is 11.4. The second-order valence-electron chi connectivity index (χ2n) is 6.44. The molecule has 3 aromatic heterocycles. The van der Waals surface area contributed by atoms with Gasteiger partial charge in [-0.25, -0.2) is 18.5 Å². The molecule has 0 aliphatic rings. The number of fused-ring (bicyclic) bond motifs is 1. The summed E-state index contributed by atoms with van der Waals surface area (Å²) in [5.41, 5.74) is 2.54. The molecule has 10 heteroatoms. The minimum atomic E-state index is -3.63. The zero-order chi connectivity index (χ0) is 20.6. The van der Waals surface area contributed by atoms with E-state index in [1.807, 2.05) is 0 Å². The van der Waals surface area contributed by atoms with Gasteiger partial charge in [0.15, 0.2) is 5.76 Å². The number of nitrogens with two attached hydrogens (primary N) is 1. The molecule has 9 nitrogen and oxygen atoms in total. The number of sulfonamides is 1. The number of furan rings is 1. The number of benzene rings is 1. The number of hydrogen-bond donors (Lipinski definition) is 2. The van der Waals surface area contributed by atoms with E-state index >= 15 is 0 Å². The van der Waals surface area contributed by atoms with Crippen LogP contribution in [-0.2, 0) is 15.8 Å². The van der Waals surface area contributed by atoms with E-state index in [2.05, 4.69) is 15.5 Å². The maximum atomic E-state index is 13.0. The van der Waals surface area contributed by atoms with E-state index in [0.717, 1.165) is 0 Å². The van der Waals surface area contributed by atoms with Crippen LogP contribution in [0.5, 0.6) is 0 Å². The van der Waals surface area contributed by atoms with Gasteiger partial charge in [-0.3, -0.25) is 4.79 Å². The smallest absolute Gasteiger partial charge is 0.259 e. The van der Waals surface area contributed by atoms with Crippen molar-refractivity contribution in [3.8, 4) is 11.5 Å². The van der Waals surface area contributed by atoms with E-state index in [4.69, 9.17) is 14.1 Å². The van der Waals surface area contributed by atoms with E-state index < -0.39 is 15.9 Å². The first-order valence-corrected chi connectivity index (χ1v) is 10.2. The maximum Gasteiger partial charge on any atom is 0.259 e. The Balaban J connectivity index is 1.67. The van der Waals surface area contributed by atoms with Crippen molar-refractivity contribution in [3.63, 3.8) is 0 Å². The van der Waals surface area contributed by atoms with E-state index in [0.29, 0.717) is 39.3 Å². The number of primary sulfonamides is 1. The Morgan fingerprint density at radius 2 is 1.97 bits per heavy atom. The van der Waals surface area contributed by atoms with E-state index in [-0.39, 0.29) is 11.5 Å². The molecule has 148 valence electrons. The molecule has 4 aromatic rings. The highest BCUT2D eigenvalue weighted by atomic mass is 32.2. The number of aromatic nitrogens is 2. The number of nitrogens with zero attached hydrogens (tertiary/aromatic N) is 2. The zero-order valence-electron chi connectivity index (χ0n) is 15.2. The third-order valence-corrected chi connectivity index (χ3v) is 4.95. The van der Waals surface area contributed by atoms with Gasteiger partial charge in [0.25, 0.3) is 11.6 Å². The van der Waals surface area contributed by atoms with Crippen molar-refractivity contribution in [2.75, 3.05) is 5.32 Å². The normalized spacial score (nSPS) is 11.7. The topological polar surface area (TPSA) is 141 Å². The number of aryl methyl sites for hydroxylation is 1. The van der Waals surface area contributed by atoms with Gasteiger partial charge in [-0.2, -0.15) is 0 Å². The number of carbonyl (C=O) groups excluding carboxylic acids is 1. The summed E-state index contributed by atoms with van der Waals surface area (Å²) in [5, 5.41) is 12.2. The molecule has 0 saturated heterocycles. The van der Waals surface area contributed by atoms with Gasteiger partial charge in [-0.05, 0) is 42.8 Å². The quantitative estimate of drug-likeness (QED) is 0.513. The maximum absolute atomic E-state index is 13.0. The fourth-order valence-electron chi connectivity index (χ4n) is 2.94. The van der Waals surface area contributed by atoms with E-state index in [1.165, 1.54) is 6.26 Å². The first kappa shape index (κ1) is 18.8. The Morgan fingerprint density at radius 3 is 2.62 bits per heavy atom. The van der Waals surface area contributed by atoms with Crippen LogP contribution in [0.15, 0.2) is 57.7 Å². The fourth-order valence-corrected chi connectivity index (χ4v) is 3.60. The average Bonchev–Trinajstić information content (AvgIpc) is 3.32. The molecule has 0 aliphatic heterocycles. The van der Waals surface area contributed by atoms with Crippen LogP contribution in [0.2, 0.25) is 0 Å². The Kier molecular flexibility index (Phi) is 4.65. The number of rotatable bonds is 5. The molecular formula is C19H16N4O5S. The first-order chi connectivity index (χ1) is 13.8. The molecule has 0 fully saturated rings. The number of pyridine rings is 1. The first-order valence-electron chi connectivity index (χ1n) is 8.52. The second-order valence-corrected chi connectivity index (χ2v) is 8.05. The number of amides is 1. The third-order valence-electron chi connectivity index (χ3n) is 4.22. The molecular weight excluding hydrogens is 396 g/mol. The molecule has 0 bridgehead atoms. The predicted octanol–water partition coefficient (Wildman–Crippen LogP) is 2.83.